The minimum atomic E-state index is -0.812. The predicted octanol–water partition coefficient (Wildman–Crippen LogP) is 2.36. The van der Waals surface area contributed by atoms with E-state index in [0.717, 1.165) is 24.8 Å². The summed E-state index contributed by atoms with van der Waals surface area (Å²) in [7, 11) is 0. The van der Waals surface area contributed by atoms with Gasteiger partial charge in [0.1, 0.15) is 6.04 Å². The van der Waals surface area contributed by atoms with E-state index in [-0.39, 0.29) is 37.7 Å². The molecule has 0 bridgehead atoms. The lowest BCUT2D eigenvalue weighted by Crippen LogP contribution is -2.43. The Hall–Kier alpha value is -2.37. The molecule has 26 heavy (non-hydrogen) atoms. The molecule has 1 atom stereocenters. The van der Waals surface area contributed by atoms with E-state index >= 15 is 0 Å². The molecule has 0 heterocycles. The molecule has 1 aromatic rings. The highest BCUT2D eigenvalue weighted by atomic mass is 16.5. The topological polar surface area (TPSA) is 84.5 Å². The first-order valence-corrected chi connectivity index (χ1v) is 9.33. The van der Waals surface area contributed by atoms with Crippen LogP contribution >= 0.6 is 0 Å². The predicted molar refractivity (Wildman–Crippen MR) is 100 cm³/mol. The molecular weight excluding hydrogens is 332 g/mol. The van der Waals surface area contributed by atoms with Gasteiger partial charge in [-0.2, -0.15) is 0 Å². The zero-order valence-corrected chi connectivity index (χ0v) is 15.8. The second-order valence-corrected chi connectivity index (χ2v) is 6.13. The fourth-order valence-electron chi connectivity index (χ4n) is 2.49. The Kier molecular flexibility index (Phi) is 10.8. The van der Waals surface area contributed by atoms with Gasteiger partial charge in [-0.3, -0.25) is 9.59 Å². The van der Waals surface area contributed by atoms with Gasteiger partial charge in [-0.05, 0) is 25.3 Å². The number of rotatable bonds is 12. The number of nitrogens with one attached hydrogen (secondary N) is 2. The lowest BCUT2D eigenvalue weighted by atomic mass is 10.1. The van der Waals surface area contributed by atoms with Gasteiger partial charge in [0.2, 0.25) is 11.8 Å². The quantitative estimate of drug-likeness (QED) is 0.442. The zero-order valence-electron chi connectivity index (χ0n) is 15.8. The van der Waals surface area contributed by atoms with Crippen molar-refractivity contribution in [3.63, 3.8) is 0 Å². The molecule has 0 saturated heterocycles. The molecule has 1 aromatic carbocycles. The van der Waals surface area contributed by atoms with Gasteiger partial charge in [0.05, 0.1) is 13.0 Å². The molecule has 1 rings (SSSR count). The van der Waals surface area contributed by atoms with Crippen LogP contribution in [0, 0.1) is 0 Å². The minimum Gasteiger partial charge on any atom is -0.464 e. The van der Waals surface area contributed by atoms with Gasteiger partial charge in [0.15, 0.2) is 0 Å². The van der Waals surface area contributed by atoms with Crippen molar-refractivity contribution in [3.8, 4) is 0 Å². The highest BCUT2D eigenvalue weighted by Gasteiger charge is 2.23. The van der Waals surface area contributed by atoms with Gasteiger partial charge in [0, 0.05) is 13.0 Å². The molecule has 0 radical (unpaired) electrons. The Morgan fingerprint density at radius 3 is 2.42 bits per heavy atom. The maximum absolute atomic E-state index is 12.2. The first kappa shape index (κ1) is 21.7. The third kappa shape index (κ3) is 9.20. The molecule has 2 N–H and O–H groups in total. The third-order valence-electron chi connectivity index (χ3n) is 3.88. The number of amides is 2. The van der Waals surface area contributed by atoms with Crippen molar-refractivity contribution in [2.45, 2.75) is 58.4 Å². The van der Waals surface area contributed by atoms with E-state index < -0.39 is 12.0 Å². The van der Waals surface area contributed by atoms with Crippen molar-refractivity contribution < 1.29 is 19.1 Å². The number of hydrogen-bond acceptors (Lipinski definition) is 4. The fraction of sp³-hybridized carbons (Fsp3) is 0.550. The lowest BCUT2D eigenvalue weighted by molar-refractivity contribution is -0.147. The maximum atomic E-state index is 12.2. The second kappa shape index (κ2) is 12.9. The van der Waals surface area contributed by atoms with E-state index in [1.165, 1.54) is 0 Å². The van der Waals surface area contributed by atoms with Gasteiger partial charge in [0.25, 0.3) is 0 Å². The van der Waals surface area contributed by atoms with Crippen LogP contribution in [0.3, 0.4) is 0 Å². The van der Waals surface area contributed by atoms with Crippen LogP contribution in [-0.2, 0) is 25.5 Å². The van der Waals surface area contributed by atoms with Gasteiger partial charge in [-0.1, -0.05) is 50.1 Å². The summed E-state index contributed by atoms with van der Waals surface area (Å²) in [6, 6.07) is 8.48. The molecule has 6 heteroatoms. The molecule has 0 saturated carbocycles. The SMILES string of the molecule is CCCCCNC(=O)CCC(NC(=O)Cc1ccccc1)C(=O)OCC. The molecule has 2 amide bonds. The molecule has 144 valence electrons. The van der Waals surface area contributed by atoms with Crippen molar-refractivity contribution in [1.29, 1.82) is 0 Å². The highest BCUT2D eigenvalue weighted by Crippen LogP contribution is 2.04. The second-order valence-electron chi connectivity index (χ2n) is 6.13. The van der Waals surface area contributed by atoms with Crippen LogP contribution in [0.2, 0.25) is 0 Å². The van der Waals surface area contributed by atoms with E-state index in [1.807, 2.05) is 30.3 Å². The summed E-state index contributed by atoms with van der Waals surface area (Å²) in [5.74, 6) is -0.891. The molecule has 0 fully saturated rings. The minimum absolute atomic E-state index is 0.118. The summed E-state index contributed by atoms with van der Waals surface area (Å²) in [5, 5.41) is 5.52. The van der Waals surface area contributed by atoms with Gasteiger partial charge >= 0.3 is 5.97 Å². The monoisotopic (exact) mass is 362 g/mol. The average molecular weight is 362 g/mol. The number of benzene rings is 1. The van der Waals surface area contributed by atoms with Gasteiger partial charge < -0.3 is 15.4 Å². The number of esters is 1. The van der Waals surface area contributed by atoms with E-state index in [2.05, 4.69) is 17.6 Å². The van der Waals surface area contributed by atoms with Crippen LogP contribution in [0.15, 0.2) is 30.3 Å². The average Bonchev–Trinajstić information content (AvgIpc) is 2.63. The lowest BCUT2D eigenvalue weighted by Gasteiger charge is -2.17. The maximum Gasteiger partial charge on any atom is 0.328 e. The van der Waals surface area contributed by atoms with E-state index in [1.54, 1.807) is 6.92 Å². The Morgan fingerprint density at radius 1 is 1.04 bits per heavy atom. The summed E-state index contributed by atoms with van der Waals surface area (Å²) in [4.78, 5) is 36.2. The van der Waals surface area contributed by atoms with Crippen LogP contribution in [0.25, 0.3) is 0 Å². The molecule has 0 spiro atoms. The fourth-order valence-corrected chi connectivity index (χ4v) is 2.49. The smallest absolute Gasteiger partial charge is 0.328 e. The largest absolute Gasteiger partial charge is 0.464 e. The number of unbranched alkanes of at least 4 members (excludes halogenated alkanes) is 2. The van der Waals surface area contributed by atoms with Crippen molar-refractivity contribution in [3.05, 3.63) is 35.9 Å². The summed E-state index contributed by atoms with van der Waals surface area (Å²) in [5.41, 5.74) is 0.862. The van der Waals surface area contributed by atoms with Crippen LogP contribution in [-0.4, -0.2) is 37.0 Å². The molecular formula is C20H30N2O4. The van der Waals surface area contributed by atoms with Crippen molar-refractivity contribution in [2.24, 2.45) is 0 Å². The van der Waals surface area contributed by atoms with Gasteiger partial charge in [-0.15, -0.1) is 0 Å². The molecule has 0 aliphatic rings. The van der Waals surface area contributed by atoms with Crippen LogP contribution < -0.4 is 10.6 Å². The molecule has 1 unspecified atom stereocenters. The summed E-state index contributed by atoms with van der Waals surface area (Å²) in [6.07, 6.45) is 3.67. The molecule has 0 aliphatic carbocycles. The number of hydrogen-bond donors (Lipinski definition) is 2. The van der Waals surface area contributed by atoms with E-state index in [9.17, 15) is 14.4 Å². The Balaban J connectivity index is 2.49. The standard InChI is InChI=1S/C20H30N2O4/c1-3-5-9-14-21-18(23)13-12-17(20(25)26-4-2)22-19(24)15-16-10-7-6-8-11-16/h6-8,10-11,17H,3-5,9,12-15H2,1-2H3,(H,21,23)(H,22,24). The Bertz CT molecular complexity index is 560. The third-order valence-corrected chi connectivity index (χ3v) is 3.88. The van der Waals surface area contributed by atoms with Crippen LogP contribution in [0.1, 0.15) is 51.5 Å². The summed E-state index contributed by atoms with van der Waals surface area (Å²) in [6.45, 7) is 4.68. The molecule has 0 aliphatic heterocycles. The molecule has 6 nitrogen and oxygen atoms in total. The van der Waals surface area contributed by atoms with Crippen molar-refractivity contribution in [2.75, 3.05) is 13.2 Å². The number of ether oxygens (including phenoxy) is 1. The number of carbonyl (C=O) groups excluding carboxylic acids is 3. The normalized spacial score (nSPS) is 11.5. The molecule has 0 aromatic heterocycles. The summed E-state index contributed by atoms with van der Waals surface area (Å²) < 4.78 is 5.02. The Labute approximate surface area is 155 Å². The van der Waals surface area contributed by atoms with Crippen molar-refractivity contribution >= 4 is 17.8 Å². The van der Waals surface area contributed by atoms with E-state index in [0.29, 0.717) is 6.54 Å². The Morgan fingerprint density at radius 2 is 1.77 bits per heavy atom. The highest BCUT2D eigenvalue weighted by molar-refractivity contribution is 5.86. The van der Waals surface area contributed by atoms with Crippen molar-refractivity contribution in [1.82, 2.24) is 10.6 Å². The number of carbonyl (C=O) groups is 3. The van der Waals surface area contributed by atoms with Gasteiger partial charge in [-0.25, -0.2) is 4.79 Å². The zero-order chi connectivity index (χ0) is 19.2. The van der Waals surface area contributed by atoms with E-state index in [4.69, 9.17) is 4.74 Å². The van der Waals surface area contributed by atoms with Crippen LogP contribution in [0.4, 0.5) is 0 Å². The first-order chi connectivity index (χ1) is 12.6. The summed E-state index contributed by atoms with van der Waals surface area (Å²) >= 11 is 0. The van der Waals surface area contributed by atoms with Crippen LogP contribution in [0.5, 0.6) is 0 Å². The first-order valence-electron chi connectivity index (χ1n) is 9.33.